The first-order valence-electron chi connectivity index (χ1n) is 11.6. The van der Waals surface area contributed by atoms with Crippen LogP contribution in [0.2, 0.25) is 5.15 Å². The Morgan fingerprint density at radius 3 is 1.69 bits per heavy atom. The first-order chi connectivity index (χ1) is 16.8. The summed E-state index contributed by atoms with van der Waals surface area (Å²) in [6, 6.07) is 28.0. The molecule has 0 spiro atoms. The molecule has 0 aliphatic rings. The highest BCUT2D eigenvalue weighted by atomic mass is 35.5. The minimum atomic E-state index is 0.385. The van der Waals surface area contributed by atoms with Crippen LogP contribution in [0.1, 0.15) is 27.7 Å². The molecule has 184 valence electrons. The summed E-state index contributed by atoms with van der Waals surface area (Å²) in [7, 11) is 0. The molecular weight excluding hydrogens is 456 g/mol. The Morgan fingerprint density at radius 2 is 1.17 bits per heavy atom. The average Bonchev–Trinajstić information content (AvgIpc) is 2.83. The van der Waals surface area contributed by atoms with Gasteiger partial charge >= 0.3 is 0 Å². The van der Waals surface area contributed by atoms with Gasteiger partial charge < -0.3 is 21.7 Å². The zero-order valence-electron chi connectivity index (χ0n) is 20.7. The van der Waals surface area contributed by atoms with E-state index >= 15 is 0 Å². The Hall–Kier alpha value is -3.77. The number of aromatic nitrogens is 2. The maximum atomic E-state index is 5.79. The lowest BCUT2D eigenvalue weighted by atomic mass is 10.3. The molecular formula is C28H35ClN6. The predicted octanol–water partition coefficient (Wildman–Crippen LogP) is 7.47. The first-order valence-corrected chi connectivity index (χ1v) is 11.9. The van der Waals surface area contributed by atoms with E-state index in [2.05, 4.69) is 53.6 Å². The summed E-state index contributed by atoms with van der Waals surface area (Å²) in [5, 5.41) is 10.4. The number of halogens is 1. The van der Waals surface area contributed by atoms with Gasteiger partial charge in [0, 0.05) is 35.9 Å². The quantitative estimate of drug-likeness (QED) is 0.165. The molecule has 2 aromatic heterocycles. The van der Waals surface area contributed by atoms with Crippen molar-refractivity contribution in [3.05, 3.63) is 102 Å². The SMILES string of the molecule is CC(C)Nc1cccnc1Cl.CC(C)Nc1cccnc1Nc1ccccc1.Nc1ccccc1. The Bertz CT molecular complexity index is 1100. The average molecular weight is 491 g/mol. The van der Waals surface area contributed by atoms with Crippen molar-refractivity contribution in [2.75, 3.05) is 21.7 Å². The molecule has 2 aromatic carbocycles. The molecule has 0 bridgehead atoms. The summed E-state index contributed by atoms with van der Waals surface area (Å²) in [6.07, 6.45) is 3.46. The van der Waals surface area contributed by atoms with E-state index in [1.165, 1.54) is 0 Å². The summed E-state index contributed by atoms with van der Waals surface area (Å²) in [5.74, 6) is 0.854. The van der Waals surface area contributed by atoms with E-state index in [0.29, 0.717) is 17.2 Å². The van der Waals surface area contributed by atoms with E-state index < -0.39 is 0 Å². The molecule has 0 saturated carbocycles. The van der Waals surface area contributed by atoms with Crippen molar-refractivity contribution in [1.82, 2.24) is 9.97 Å². The van der Waals surface area contributed by atoms with Crippen LogP contribution in [0.4, 0.5) is 28.6 Å². The van der Waals surface area contributed by atoms with Gasteiger partial charge in [-0.3, -0.25) is 0 Å². The second-order valence-corrected chi connectivity index (χ2v) is 8.60. The Kier molecular flexibility index (Phi) is 11.9. The van der Waals surface area contributed by atoms with Crippen LogP contribution in [0.5, 0.6) is 0 Å². The van der Waals surface area contributed by atoms with Gasteiger partial charge in [0.15, 0.2) is 11.0 Å². The molecule has 0 saturated heterocycles. The molecule has 0 amide bonds. The van der Waals surface area contributed by atoms with Crippen LogP contribution in [0.25, 0.3) is 0 Å². The number of benzene rings is 2. The molecule has 4 rings (SSSR count). The third kappa shape index (κ3) is 11.3. The van der Waals surface area contributed by atoms with Crippen molar-refractivity contribution in [1.29, 1.82) is 0 Å². The fourth-order valence-corrected chi connectivity index (χ4v) is 3.02. The zero-order valence-corrected chi connectivity index (χ0v) is 21.5. The van der Waals surface area contributed by atoms with Gasteiger partial charge in [0.05, 0.1) is 11.4 Å². The van der Waals surface area contributed by atoms with E-state index in [-0.39, 0.29) is 0 Å². The van der Waals surface area contributed by atoms with E-state index in [4.69, 9.17) is 17.3 Å². The number of nitrogens with one attached hydrogen (secondary N) is 3. The number of nitrogens with two attached hydrogens (primary N) is 1. The molecule has 6 nitrogen and oxygen atoms in total. The van der Waals surface area contributed by atoms with E-state index in [1.807, 2.05) is 84.9 Å². The minimum absolute atomic E-state index is 0.385. The molecule has 0 aliphatic heterocycles. The predicted molar refractivity (Wildman–Crippen MR) is 152 cm³/mol. The summed E-state index contributed by atoms with van der Waals surface area (Å²) in [6.45, 7) is 8.34. The third-order valence-electron chi connectivity index (χ3n) is 4.29. The second-order valence-electron chi connectivity index (χ2n) is 8.24. The lowest BCUT2D eigenvalue weighted by Crippen LogP contribution is -2.11. The van der Waals surface area contributed by atoms with Gasteiger partial charge in [-0.2, -0.15) is 0 Å². The maximum Gasteiger partial charge on any atom is 0.153 e. The van der Waals surface area contributed by atoms with Crippen LogP contribution in [-0.2, 0) is 0 Å². The fraction of sp³-hybridized carbons (Fsp3) is 0.214. The molecule has 0 radical (unpaired) electrons. The lowest BCUT2D eigenvalue weighted by molar-refractivity contribution is 0.898. The van der Waals surface area contributed by atoms with Gasteiger partial charge in [0.25, 0.3) is 0 Å². The van der Waals surface area contributed by atoms with Gasteiger partial charge in [0.2, 0.25) is 0 Å². The molecule has 0 unspecified atom stereocenters. The van der Waals surface area contributed by atoms with Crippen LogP contribution >= 0.6 is 11.6 Å². The molecule has 2 heterocycles. The maximum absolute atomic E-state index is 5.79. The van der Waals surface area contributed by atoms with Gasteiger partial charge in [0.1, 0.15) is 0 Å². The molecule has 5 N–H and O–H groups in total. The van der Waals surface area contributed by atoms with Crippen molar-refractivity contribution in [2.24, 2.45) is 0 Å². The molecule has 0 aliphatic carbocycles. The third-order valence-corrected chi connectivity index (χ3v) is 4.59. The van der Waals surface area contributed by atoms with Crippen LogP contribution in [0.3, 0.4) is 0 Å². The van der Waals surface area contributed by atoms with Crippen molar-refractivity contribution >= 4 is 40.2 Å². The Balaban J connectivity index is 0.000000205. The minimum Gasteiger partial charge on any atom is -0.399 e. The van der Waals surface area contributed by atoms with Gasteiger partial charge in [-0.1, -0.05) is 48.0 Å². The Labute approximate surface area is 214 Å². The van der Waals surface area contributed by atoms with E-state index in [1.54, 1.807) is 12.4 Å². The lowest BCUT2D eigenvalue weighted by Gasteiger charge is -2.14. The number of anilines is 5. The topological polar surface area (TPSA) is 87.9 Å². The Morgan fingerprint density at radius 1 is 0.657 bits per heavy atom. The summed E-state index contributed by atoms with van der Waals surface area (Å²) < 4.78 is 0. The summed E-state index contributed by atoms with van der Waals surface area (Å²) >= 11 is 5.79. The monoisotopic (exact) mass is 490 g/mol. The van der Waals surface area contributed by atoms with Gasteiger partial charge in [-0.15, -0.1) is 0 Å². The van der Waals surface area contributed by atoms with E-state index in [9.17, 15) is 0 Å². The van der Waals surface area contributed by atoms with Crippen molar-refractivity contribution < 1.29 is 0 Å². The number of hydrogen-bond acceptors (Lipinski definition) is 6. The first kappa shape index (κ1) is 27.5. The fourth-order valence-electron chi connectivity index (χ4n) is 2.85. The van der Waals surface area contributed by atoms with Crippen LogP contribution in [0, 0.1) is 0 Å². The number of para-hydroxylation sites is 2. The number of rotatable bonds is 6. The van der Waals surface area contributed by atoms with Crippen molar-refractivity contribution in [2.45, 2.75) is 39.8 Å². The summed E-state index contributed by atoms with van der Waals surface area (Å²) in [4.78, 5) is 8.29. The highest BCUT2D eigenvalue weighted by Crippen LogP contribution is 2.23. The van der Waals surface area contributed by atoms with Crippen molar-refractivity contribution in [3.63, 3.8) is 0 Å². The highest BCUT2D eigenvalue weighted by molar-refractivity contribution is 6.31. The second kappa shape index (κ2) is 15.2. The van der Waals surface area contributed by atoms with E-state index in [0.717, 1.165) is 28.6 Å². The zero-order chi connectivity index (χ0) is 25.5. The van der Waals surface area contributed by atoms with Crippen molar-refractivity contribution in [3.8, 4) is 0 Å². The highest BCUT2D eigenvalue weighted by Gasteiger charge is 2.04. The normalized spacial score (nSPS) is 9.91. The van der Waals surface area contributed by atoms with Crippen LogP contribution in [0.15, 0.2) is 97.3 Å². The molecule has 4 aromatic rings. The molecule has 35 heavy (non-hydrogen) atoms. The van der Waals surface area contributed by atoms with Crippen LogP contribution < -0.4 is 21.7 Å². The van der Waals surface area contributed by atoms with Crippen LogP contribution in [-0.4, -0.2) is 22.1 Å². The van der Waals surface area contributed by atoms with Gasteiger partial charge in [-0.25, -0.2) is 9.97 Å². The van der Waals surface area contributed by atoms with Gasteiger partial charge in [-0.05, 0) is 76.2 Å². The largest absolute Gasteiger partial charge is 0.399 e. The summed E-state index contributed by atoms with van der Waals surface area (Å²) in [5.41, 5.74) is 9.13. The number of hydrogen-bond donors (Lipinski definition) is 4. The molecule has 0 fully saturated rings. The standard InChI is InChI=1S/C14H17N3.C8H11ClN2.C6H7N/c1-11(2)16-13-9-6-10-15-14(13)17-12-7-4-3-5-8-12;1-6(2)11-7-4-3-5-10-8(7)9;7-6-4-2-1-3-5-6/h3-11,16H,1-2H3,(H,15,17);3-6,11H,1-2H3;1-5H,7H2. The number of pyridine rings is 2. The molecule has 7 heteroatoms. The molecule has 0 atom stereocenters. The number of nitrogen functional groups attached to an aromatic ring is 1. The smallest absolute Gasteiger partial charge is 0.153 e. The number of nitrogens with zero attached hydrogens (tertiary/aromatic N) is 2.